The SMILES string of the molecule is Nc1ccc(OC2=C(Cl)C(Cl)=C(Cl)C(Oc3ccc(N)cc3)(c3cc(Cl)c(Cl)c(Cl)c3Cl)C2Cl)cc1. The van der Waals surface area contributed by atoms with Crippen molar-refractivity contribution in [3.8, 4) is 11.5 Å². The fourth-order valence-electron chi connectivity index (χ4n) is 3.51. The first-order valence-corrected chi connectivity index (χ1v) is 13.1. The molecule has 0 radical (unpaired) electrons. The summed E-state index contributed by atoms with van der Waals surface area (Å²) in [5, 5.41) is -1.38. The van der Waals surface area contributed by atoms with Crippen molar-refractivity contribution in [3.63, 3.8) is 0 Å². The Kier molecular flexibility index (Phi) is 8.31. The second kappa shape index (κ2) is 10.8. The number of nitrogens with two attached hydrogens (primary N) is 2. The van der Waals surface area contributed by atoms with Gasteiger partial charge in [-0.25, -0.2) is 0 Å². The van der Waals surface area contributed by atoms with Gasteiger partial charge in [0.2, 0.25) is 0 Å². The normalized spacial score (nSPS) is 20.1. The quantitative estimate of drug-likeness (QED) is 0.125. The van der Waals surface area contributed by atoms with Crippen LogP contribution in [0.2, 0.25) is 20.1 Å². The van der Waals surface area contributed by atoms with Gasteiger partial charge in [-0.3, -0.25) is 0 Å². The molecule has 4 N–H and O–H groups in total. The minimum absolute atomic E-state index is 0.0142. The Hall–Kier alpha value is -1.34. The summed E-state index contributed by atoms with van der Waals surface area (Å²) in [5.74, 6) is 0.733. The van der Waals surface area contributed by atoms with E-state index in [0.29, 0.717) is 22.9 Å². The van der Waals surface area contributed by atoms with E-state index >= 15 is 0 Å². The van der Waals surface area contributed by atoms with Crippen molar-refractivity contribution >= 4 is 104 Å². The molecule has 0 heterocycles. The maximum absolute atomic E-state index is 7.08. The van der Waals surface area contributed by atoms with E-state index in [0.717, 1.165) is 0 Å². The Morgan fingerprint density at radius 3 is 1.75 bits per heavy atom. The lowest BCUT2D eigenvalue weighted by molar-refractivity contribution is 0.104. The maximum atomic E-state index is 7.08. The summed E-state index contributed by atoms with van der Waals surface area (Å²) >= 11 is 52.8. The second-order valence-electron chi connectivity index (χ2n) is 7.59. The van der Waals surface area contributed by atoms with Gasteiger partial charge < -0.3 is 20.9 Å². The number of alkyl halides is 1. The van der Waals surface area contributed by atoms with Crippen molar-refractivity contribution in [2.75, 3.05) is 11.5 Å². The van der Waals surface area contributed by atoms with E-state index in [1.807, 2.05) is 0 Å². The van der Waals surface area contributed by atoms with Crippen LogP contribution < -0.4 is 20.9 Å². The first kappa shape index (κ1) is 27.7. The summed E-state index contributed by atoms with van der Waals surface area (Å²) in [6.45, 7) is 0. The number of nitrogen functional groups attached to an aromatic ring is 2. The van der Waals surface area contributed by atoms with Gasteiger partial charge in [-0.05, 0) is 54.6 Å². The Morgan fingerprint density at radius 2 is 1.19 bits per heavy atom. The summed E-state index contributed by atoms with van der Waals surface area (Å²) in [4.78, 5) is 0. The van der Waals surface area contributed by atoms with Crippen LogP contribution >= 0.6 is 92.8 Å². The van der Waals surface area contributed by atoms with Gasteiger partial charge in [0, 0.05) is 16.9 Å². The topological polar surface area (TPSA) is 70.5 Å². The van der Waals surface area contributed by atoms with Crippen LogP contribution in [0.4, 0.5) is 11.4 Å². The zero-order chi connectivity index (χ0) is 26.4. The summed E-state index contributed by atoms with van der Waals surface area (Å²) in [6, 6.07) is 14.5. The third kappa shape index (κ3) is 4.91. The Morgan fingerprint density at radius 1 is 0.667 bits per heavy atom. The molecule has 4 nitrogen and oxygen atoms in total. The lowest BCUT2D eigenvalue weighted by Gasteiger charge is -2.42. The average Bonchev–Trinajstić information content (AvgIpc) is 2.86. The second-order valence-corrected chi connectivity index (χ2v) is 10.7. The van der Waals surface area contributed by atoms with Crippen LogP contribution in [0.3, 0.4) is 0 Å². The third-order valence-corrected chi connectivity index (χ3v) is 8.96. The van der Waals surface area contributed by atoms with E-state index in [1.165, 1.54) is 6.07 Å². The van der Waals surface area contributed by atoms with Crippen LogP contribution in [0.25, 0.3) is 0 Å². The monoisotopic (exact) mass is 642 g/mol. The smallest absolute Gasteiger partial charge is 0.196 e. The van der Waals surface area contributed by atoms with E-state index in [-0.39, 0.29) is 46.5 Å². The lowest BCUT2D eigenvalue weighted by Crippen LogP contribution is -2.47. The van der Waals surface area contributed by atoms with E-state index in [4.69, 9.17) is 114 Å². The first-order chi connectivity index (χ1) is 17.0. The van der Waals surface area contributed by atoms with Gasteiger partial charge in [0.25, 0.3) is 0 Å². The molecule has 2 unspecified atom stereocenters. The maximum Gasteiger partial charge on any atom is 0.196 e. The van der Waals surface area contributed by atoms with Crippen LogP contribution in [0.15, 0.2) is 75.5 Å². The van der Waals surface area contributed by atoms with Gasteiger partial charge in [0.05, 0.1) is 30.2 Å². The van der Waals surface area contributed by atoms with E-state index in [2.05, 4.69) is 0 Å². The number of allylic oxidation sites excluding steroid dienone is 2. The summed E-state index contributed by atoms with van der Waals surface area (Å²) in [6.07, 6.45) is 0. The molecular weight excluding hydrogens is 632 g/mol. The molecule has 0 aliphatic heterocycles. The molecule has 0 fully saturated rings. The minimum atomic E-state index is -1.81. The van der Waals surface area contributed by atoms with Crippen molar-refractivity contribution in [3.05, 3.63) is 101 Å². The van der Waals surface area contributed by atoms with Crippen LogP contribution in [0, 0.1) is 0 Å². The van der Waals surface area contributed by atoms with Gasteiger partial charge >= 0.3 is 0 Å². The molecule has 12 heteroatoms. The molecule has 3 aromatic carbocycles. The molecule has 1 aliphatic carbocycles. The van der Waals surface area contributed by atoms with Crippen molar-refractivity contribution in [1.82, 2.24) is 0 Å². The molecule has 1 aliphatic rings. The zero-order valence-electron chi connectivity index (χ0n) is 17.8. The highest BCUT2D eigenvalue weighted by atomic mass is 35.5. The van der Waals surface area contributed by atoms with E-state index in [9.17, 15) is 0 Å². The van der Waals surface area contributed by atoms with Crippen molar-refractivity contribution in [2.24, 2.45) is 0 Å². The molecule has 0 spiro atoms. The van der Waals surface area contributed by atoms with E-state index in [1.54, 1.807) is 48.5 Å². The Balaban J connectivity index is 1.98. The largest absolute Gasteiger partial charge is 0.475 e. The Bertz CT molecular complexity index is 1390. The number of hydrogen-bond acceptors (Lipinski definition) is 4. The van der Waals surface area contributed by atoms with Crippen LogP contribution in [0.1, 0.15) is 5.56 Å². The molecule has 2 atom stereocenters. The van der Waals surface area contributed by atoms with Gasteiger partial charge in [0.15, 0.2) is 5.60 Å². The number of hydrogen-bond donors (Lipinski definition) is 2. The van der Waals surface area contributed by atoms with Gasteiger partial charge in [-0.2, -0.15) is 0 Å². The molecule has 0 saturated carbocycles. The van der Waals surface area contributed by atoms with Crippen molar-refractivity contribution in [1.29, 1.82) is 0 Å². The average molecular weight is 646 g/mol. The van der Waals surface area contributed by atoms with Crippen LogP contribution in [-0.4, -0.2) is 5.38 Å². The predicted molar refractivity (Wildman–Crippen MR) is 152 cm³/mol. The number of benzene rings is 3. The van der Waals surface area contributed by atoms with Gasteiger partial charge in [0.1, 0.15) is 27.7 Å². The predicted octanol–water partition coefficient (Wildman–Crippen LogP) is 9.58. The molecule has 0 saturated heterocycles. The van der Waals surface area contributed by atoms with Gasteiger partial charge in [-0.1, -0.05) is 81.2 Å². The number of halogens is 8. The van der Waals surface area contributed by atoms with Crippen LogP contribution in [0.5, 0.6) is 11.5 Å². The standard InChI is InChI=1S/C24H14Cl8N2O2/c25-15-9-14(16(26)18(28)17(15)27)24(36-13-7-3-11(34)4-8-13)22(31)20(30)19(29)21(23(24)32)35-12-5-1-10(33)2-6-12/h1-9,23H,33-34H2. The Labute approximate surface area is 247 Å². The molecule has 4 rings (SSSR count). The minimum Gasteiger partial charge on any atom is -0.475 e. The molecule has 0 bridgehead atoms. The number of anilines is 2. The lowest BCUT2D eigenvalue weighted by atomic mass is 9.84. The molecule has 3 aromatic rings. The highest BCUT2D eigenvalue weighted by molar-refractivity contribution is 6.53. The molecule has 0 amide bonds. The van der Waals surface area contributed by atoms with Crippen molar-refractivity contribution < 1.29 is 9.47 Å². The summed E-state index contributed by atoms with van der Waals surface area (Å²) < 4.78 is 12.5. The first-order valence-electron chi connectivity index (χ1n) is 9.98. The summed E-state index contributed by atoms with van der Waals surface area (Å²) in [7, 11) is 0. The zero-order valence-corrected chi connectivity index (χ0v) is 23.8. The molecule has 0 aromatic heterocycles. The fourth-order valence-corrected chi connectivity index (χ4v) is 5.85. The van der Waals surface area contributed by atoms with Gasteiger partial charge in [-0.15, -0.1) is 11.6 Å². The highest BCUT2D eigenvalue weighted by Crippen LogP contribution is 2.56. The van der Waals surface area contributed by atoms with Crippen LogP contribution in [-0.2, 0) is 5.60 Å². The van der Waals surface area contributed by atoms with E-state index < -0.39 is 11.0 Å². The molecule has 188 valence electrons. The third-order valence-electron chi connectivity index (χ3n) is 5.28. The van der Waals surface area contributed by atoms with Crippen molar-refractivity contribution in [2.45, 2.75) is 11.0 Å². The molecule has 36 heavy (non-hydrogen) atoms. The number of rotatable bonds is 5. The molecular formula is C24H14Cl8N2O2. The number of ether oxygens (including phenoxy) is 2. The summed E-state index contributed by atoms with van der Waals surface area (Å²) in [5.41, 5.74) is 11.0. The highest BCUT2D eigenvalue weighted by Gasteiger charge is 2.55. The fraction of sp³-hybridized carbons (Fsp3) is 0.0833.